The van der Waals surface area contributed by atoms with Gasteiger partial charge < -0.3 is 5.11 Å². The molecule has 8 nitrogen and oxygen atoms in total. The number of hydrogen-bond acceptors (Lipinski definition) is 5. The number of nitrogens with one attached hydrogen (secondary N) is 1. The number of hydrogen-bond donors (Lipinski definition) is 2. The fraction of sp³-hybridized carbons (Fsp3) is 0.522. The van der Waals surface area contributed by atoms with Gasteiger partial charge in [0.15, 0.2) is 0 Å². The largest absolute Gasteiger partial charge is 0.481 e. The summed E-state index contributed by atoms with van der Waals surface area (Å²) in [6, 6.07) is 5.72. The van der Waals surface area contributed by atoms with Gasteiger partial charge >= 0.3 is 5.97 Å². The fourth-order valence-electron chi connectivity index (χ4n) is 4.98. The normalized spacial score (nSPS) is 25.5. The molecular weight excluding hydrogens is 432 g/mol. The molecular formula is C23H30N2O6S. The Morgan fingerprint density at radius 1 is 1.19 bits per heavy atom. The van der Waals surface area contributed by atoms with Crippen molar-refractivity contribution in [3.8, 4) is 0 Å². The summed E-state index contributed by atoms with van der Waals surface area (Å²) in [6.45, 7) is 0. The highest BCUT2D eigenvalue weighted by atomic mass is 32.2. The number of rotatable bonds is 11. The number of carboxylic acid groups (broad SMARTS) is 1. The highest BCUT2D eigenvalue weighted by Gasteiger charge is 2.44. The van der Waals surface area contributed by atoms with Crippen molar-refractivity contribution in [1.82, 2.24) is 4.72 Å². The highest BCUT2D eigenvalue weighted by Crippen LogP contribution is 2.47. The quantitative estimate of drug-likeness (QED) is 0.216. The lowest BCUT2D eigenvalue weighted by molar-refractivity contribution is -0.384. The molecule has 0 radical (unpaired) electrons. The van der Waals surface area contributed by atoms with Gasteiger partial charge in [-0.05, 0) is 74.3 Å². The third kappa shape index (κ3) is 6.74. The van der Waals surface area contributed by atoms with Gasteiger partial charge in [-0.25, -0.2) is 13.1 Å². The average molecular weight is 463 g/mol. The lowest BCUT2D eigenvalue weighted by Crippen LogP contribution is -2.52. The van der Waals surface area contributed by atoms with Crippen LogP contribution in [-0.4, -0.2) is 30.5 Å². The zero-order valence-electron chi connectivity index (χ0n) is 17.9. The number of carbonyl (C=O) groups is 1. The summed E-state index contributed by atoms with van der Waals surface area (Å²) in [5.41, 5.74) is 0.368. The molecule has 2 unspecified atom stereocenters. The van der Waals surface area contributed by atoms with E-state index in [4.69, 9.17) is 5.11 Å². The number of aliphatic carboxylic acids is 1. The topological polar surface area (TPSA) is 127 Å². The van der Waals surface area contributed by atoms with Crippen molar-refractivity contribution in [2.45, 2.75) is 57.4 Å². The Bertz CT molecular complexity index is 980. The van der Waals surface area contributed by atoms with Crippen LogP contribution in [0, 0.1) is 27.9 Å². The number of nitro benzene ring substituents is 1. The minimum Gasteiger partial charge on any atom is -0.481 e. The summed E-state index contributed by atoms with van der Waals surface area (Å²) in [5, 5.41) is 20.7. The first-order valence-electron chi connectivity index (χ1n) is 11.1. The van der Waals surface area contributed by atoms with Crippen LogP contribution >= 0.6 is 0 Å². The van der Waals surface area contributed by atoms with Gasteiger partial charge in [0.2, 0.25) is 10.0 Å². The summed E-state index contributed by atoms with van der Waals surface area (Å²) < 4.78 is 28.5. The second-order valence-electron chi connectivity index (χ2n) is 8.68. The first kappa shape index (κ1) is 24.1. The zero-order chi connectivity index (χ0) is 23.1. The van der Waals surface area contributed by atoms with E-state index < -0.39 is 20.9 Å². The lowest BCUT2D eigenvalue weighted by atomic mass is 9.61. The van der Waals surface area contributed by atoms with Crippen molar-refractivity contribution in [2.75, 3.05) is 0 Å². The van der Waals surface area contributed by atoms with Crippen molar-refractivity contribution in [3.05, 3.63) is 57.5 Å². The molecule has 174 valence electrons. The van der Waals surface area contributed by atoms with E-state index in [9.17, 15) is 23.3 Å². The summed E-state index contributed by atoms with van der Waals surface area (Å²) in [4.78, 5) is 21.0. The number of non-ortho nitro benzene ring substituents is 1. The Hall–Kier alpha value is -2.52. The smallest absolute Gasteiger partial charge is 0.303 e. The van der Waals surface area contributed by atoms with E-state index in [-0.39, 0.29) is 24.1 Å². The Balaban J connectivity index is 1.64. The fourth-order valence-corrected chi connectivity index (χ4v) is 6.14. The van der Waals surface area contributed by atoms with Gasteiger partial charge in [-0.15, -0.1) is 0 Å². The minimum atomic E-state index is -3.71. The Labute approximate surface area is 188 Å². The maximum Gasteiger partial charge on any atom is 0.303 e. The van der Waals surface area contributed by atoms with Crippen LogP contribution < -0.4 is 4.72 Å². The van der Waals surface area contributed by atoms with Crippen molar-refractivity contribution in [3.63, 3.8) is 0 Å². The summed E-state index contributed by atoms with van der Waals surface area (Å²) in [6.07, 6.45) is 11.9. The molecule has 1 aromatic rings. The molecule has 4 rings (SSSR count). The Morgan fingerprint density at radius 3 is 2.59 bits per heavy atom. The molecule has 0 heterocycles. The van der Waals surface area contributed by atoms with Crippen molar-refractivity contribution >= 4 is 27.8 Å². The standard InChI is InChI=1S/C23H30N2O6S/c26-22(27)9-4-2-1-3-8-21-18-10-12-19(13-11-18)23(21)24-32(30,31)15-14-17-6-5-7-20(16-17)25(28)29/h1,3,5-7,14-16,18-19,21,23-24H,2,4,8-13H2,(H,26,27)/b3-1+,15-14+. The van der Waals surface area contributed by atoms with E-state index >= 15 is 0 Å². The van der Waals surface area contributed by atoms with Crippen molar-refractivity contribution in [1.29, 1.82) is 0 Å². The maximum absolute atomic E-state index is 12.8. The predicted octanol–water partition coefficient (Wildman–Crippen LogP) is 4.49. The molecule has 1 aromatic carbocycles. The van der Waals surface area contributed by atoms with Crippen LogP contribution in [0.2, 0.25) is 0 Å². The van der Waals surface area contributed by atoms with E-state index in [1.807, 2.05) is 6.08 Å². The molecule has 3 saturated carbocycles. The second kappa shape index (κ2) is 10.9. The summed E-state index contributed by atoms with van der Waals surface area (Å²) in [7, 11) is -3.71. The van der Waals surface area contributed by atoms with Gasteiger partial charge in [0, 0.05) is 30.0 Å². The van der Waals surface area contributed by atoms with Gasteiger partial charge in [0.25, 0.3) is 5.69 Å². The number of benzene rings is 1. The molecule has 2 atom stereocenters. The second-order valence-corrected chi connectivity index (χ2v) is 10.3. The first-order valence-corrected chi connectivity index (χ1v) is 12.6. The maximum atomic E-state index is 12.8. The third-order valence-electron chi connectivity index (χ3n) is 6.55. The monoisotopic (exact) mass is 462 g/mol. The first-order chi connectivity index (χ1) is 15.2. The molecule has 9 heteroatoms. The molecule has 0 spiro atoms. The van der Waals surface area contributed by atoms with E-state index in [0.29, 0.717) is 30.2 Å². The van der Waals surface area contributed by atoms with E-state index in [1.54, 1.807) is 6.07 Å². The highest BCUT2D eigenvalue weighted by molar-refractivity contribution is 7.92. The number of sulfonamides is 1. The molecule has 2 bridgehead atoms. The third-order valence-corrected chi connectivity index (χ3v) is 7.64. The predicted molar refractivity (Wildman–Crippen MR) is 122 cm³/mol. The number of fused-ring (bicyclic) bond motifs is 3. The average Bonchev–Trinajstić information content (AvgIpc) is 2.76. The molecule has 32 heavy (non-hydrogen) atoms. The van der Waals surface area contributed by atoms with E-state index in [1.165, 1.54) is 24.3 Å². The molecule has 3 fully saturated rings. The molecule has 3 aliphatic rings. The van der Waals surface area contributed by atoms with Crippen molar-refractivity contribution in [2.24, 2.45) is 17.8 Å². The molecule has 2 N–H and O–H groups in total. The summed E-state index contributed by atoms with van der Waals surface area (Å²) >= 11 is 0. The van der Waals surface area contributed by atoms with Crippen LogP contribution in [0.25, 0.3) is 6.08 Å². The van der Waals surface area contributed by atoms with E-state index in [0.717, 1.165) is 37.5 Å². The minimum absolute atomic E-state index is 0.0858. The molecule has 0 amide bonds. The van der Waals surface area contributed by atoms with Gasteiger partial charge in [-0.3, -0.25) is 14.9 Å². The SMILES string of the molecule is O=C(O)CCC/C=C/CC1C2CCC(CC2)C1NS(=O)(=O)/C=C/c1cccc([N+](=O)[O-])c1. The molecule has 0 aliphatic heterocycles. The lowest BCUT2D eigenvalue weighted by Gasteiger charge is -2.48. The molecule has 0 aromatic heterocycles. The number of allylic oxidation sites excluding steroid dienone is 2. The Kier molecular flexibility index (Phi) is 8.20. The van der Waals surface area contributed by atoms with Crippen LogP contribution in [0.15, 0.2) is 41.8 Å². The van der Waals surface area contributed by atoms with Gasteiger partial charge in [-0.1, -0.05) is 24.3 Å². The van der Waals surface area contributed by atoms with Crippen LogP contribution in [0.1, 0.15) is 56.9 Å². The van der Waals surface area contributed by atoms with Crippen LogP contribution in [0.3, 0.4) is 0 Å². The molecule has 0 saturated heterocycles. The number of nitro groups is 1. The van der Waals surface area contributed by atoms with Gasteiger partial charge in [-0.2, -0.15) is 0 Å². The van der Waals surface area contributed by atoms with Gasteiger partial charge in [0.05, 0.1) is 4.92 Å². The van der Waals surface area contributed by atoms with E-state index in [2.05, 4.69) is 10.8 Å². The zero-order valence-corrected chi connectivity index (χ0v) is 18.7. The van der Waals surface area contributed by atoms with Crippen LogP contribution in [0.5, 0.6) is 0 Å². The van der Waals surface area contributed by atoms with Crippen LogP contribution in [0.4, 0.5) is 5.69 Å². The van der Waals surface area contributed by atoms with Crippen molar-refractivity contribution < 1.29 is 23.2 Å². The summed E-state index contributed by atoms with van der Waals surface area (Å²) in [5.74, 6) is 0.221. The number of unbranched alkanes of at least 4 members (excludes halogenated alkanes) is 1. The number of carboxylic acids is 1. The molecule has 3 aliphatic carbocycles. The Morgan fingerprint density at radius 2 is 1.91 bits per heavy atom. The number of nitrogens with zero attached hydrogens (tertiary/aromatic N) is 1. The van der Waals surface area contributed by atoms with Crippen LogP contribution in [-0.2, 0) is 14.8 Å². The van der Waals surface area contributed by atoms with Gasteiger partial charge in [0.1, 0.15) is 0 Å².